The van der Waals surface area contributed by atoms with Crippen LogP contribution in [0.1, 0.15) is 0 Å². The number of nitrogens with zero attached hydrogens (tertiary/aromatic N) is 2. The topological polar surface area (TPSA) is 73.9 Å². The maximum Gasteiger partial charge on any atom is 0.407 e. The molecule has 1 aliphatic heterocycles. The molecule has 0 atom stereocenters. The Morgan fingerprint density at radius 1 is 1.04 bits per heavy atom. The number of rotatable bonds is 6. The van der Waals surface area contributed by atoms with E-state index in [1.165, 1.54) is 23.5 Å². The van der Waals surface area contributed by atoms with Crippen molar-refractivity contribution in [3.8, 4) is 0 Å². The van der Waals surface area contributed by atoms with Gasteiger partial charge in [-0.1, -0.05) is 36.4 Å². The van der Waals surface area contributed by atoms with Crippen LogP contribution in [0.15, 0.2) is 42.5 Å². The normalized spacial score (nSPS) is 14.8. The molecule has 2 N–H and O–H groups in total. The molecule has 2 aromatic rings. The number of hydrogen-bond acceptors (Lipinski definition) is 5. The zero-order valence-electron chi connectivity index (χ0n) is 15.6. The monoisotopic (exact) mass is 370 g/mol. The summed E-state index contributed by atoms with van der Waals surface area (Å²) in [4.78, 5) is 27.3. The van der Waals surface area contributed by atoms with Crippen molar-refractivity contribution >= 4 is 28.5 Å². The van der Waals surface area contributed by atoms with E-state index < -0.39 is 6.09 Å². The summed E-state index contributed by atoms with van der Waals surface area (Å²) in [5.41, 5.74) is 1.28. The van der Waals surface area contributed by atoms with E-state index in [2.05, 4.69) is 62.9 Å². The fraction of sp³-hybridized carbons (Fsp3) is 0.400. The first-order valence-corrected chi connectivity index (χ1v) is 9.23. The molecule has 0 bridgehead atoms. The fourth-order valence-corrected chi connectivity index (χ4v) is 3.26. The lowest BCUT2D eigenvalue weighted by atomic mass is 10.1. The van der Waals surface area contributed by atoms with E-state index >= 15 is 0 Å². The number of alkyl carbamates (subject to hydrolysis) is 1. The lowest BCUT2D eigenvalue weighted by molar-refractivity contribution is -0.119. The predicted molar refractivity (Wildman–Crippen MR) is 106 cm³/mol. The molecule has 1 saturated heterocycles. The molecular weight excluding hydrogens is 344 g/mol. The number of hydrogen-bond donors (Lipinski definition) is 2. The van der Waals surface area contributed by atoms with Crippen molar-refractivity contribution in [1.82, 2.24) is 15.5 Å². The minimum atomic E-state index is -0.562. The first kappa shape index (κ1) is 19.0. The molecule has 7 nitrogen and oxygen atoms in total. The highest BCUT2D eigenvalue weighted by Crippen LogP contribution is 2.27. The van der Waals surface area contributed by atoms with E-state index in [1.807, 2.05) is 0 Å². The van der Waals surface area contributed by atoms with Gasteiger partial charge in [-0.25, -0.2) is 4.79 Å². The van der Waals surface area contributed by atoms with Crippen molar-refractivity contribution in [2.24, 2.45) is 0 Å². The van der Waals surface area contributed by atoms with Crippen LogP contribution in [0.5, 0.6) is 0 Å². The molecule has 7 heteroatoms. The Labute approximate surface area is 159 Å². The first-order valence-electron chi connectivity index (χ1n) is 9.23. The van der Waals surface area contributed by atoms with Crippen molar-refractivity contribution in [2.75, 3.05) is 57.8 Å². The highest BCUT2D eigenvalue weighted by molar-refractivity contribution is 5.94. The maximum absolute atomic E-state index is 11.5. The Hall–Kier alpha value is -2.80. The van der Waals surface area contributed by atoms with Crippen molar-refractivity contribution in [2.45, 2.75) is 0 Å². The molecule has 27 heavy (non-hydrogen) atoms. The zero-order chi connectivity index (χ0) is 19.1. The van der Waals surface area contributed by atoms with Crippen LogP contribution in [0.3, 0.4) is 0 Å². The molecule has 2 amide bonds. The number of likely N-dealkylation sites (N-methyl/N-ethyl adjacent to an activating group) is 1. The highest BCUT2D eigenvalue weighted by atomic mass is 16.5. The number of nitrogens with one attached hydrogen (secondary N) is 2. The van der Waals surface area contributed by atoms with E-state index in [9.17, 15) is 9.59 Å². The van der Waals surface area contributed by atoms with Gasteiger partial charge in [0.15, 0.2) is 0 Å². The average Bonchev–Trinajstić information content (AvgIpc) is 2.72. The molecule has 1 heterocycles. The van der Waals surface area contributed by atoms with Gasteiger partial charge in [0.2, 0.25) is 5.91 Å². The van der Waals surface area contributed by atoms with E-state index in [-0.39, 0.29) is 12.5 Å². The molecular formula is C20H26N4O3. The second-order valence-corrected chi connectivity index (χ2v) is 6.49. The van der Waals surface area contributed by atoms with Crippen LogP contribution in [0.2, 0.25) is 0 Å². The highest BCUT2D eigenvalue weighted by Gasteiger charge is 2.18. The molecule has 1 aliphatic rings. The molecule has 0 unspecified atom stereocenters. The van der Waals surface area contributed by atoms with Crippen LogP contribution in [-0.4, -0.2) is 69.8 Å². The summed E-state index contributed by atoms with van der Waals surface area (Å²) < 4.78 is 5.12. The van der Waals surface area contributed by atoms with Gasteiger partial charge < -0.3 is 20.3 Å². The summed E-state index contributed by atoms with van der Waals surface area (Å²) in [5, 5.41) is 7.39. The summed E-state index contributed by atoms with van der Waals surface area (Å²) in [6.07, 6.45) is -0.562. The Kier molecular flexibility index (Phi) is 6.49. The molecule has 0 aromatic heterocycles. The van der Waals surface area contributed by atoms with Crippen molar-refractivity contribution in [1.29, 1.82) is 0 Å². The van der Waals surface area contributed by atoms with Gasteiger partial charge in [0.25, 0.3) is 0 Å². The Bertz CT molecular complexity index is 782. The van der Waals surface area contributed by atoms with Crippen LogP contribution in [-0.2, 0) is 9.53 Å². The predicted octanol–water partition coefficient (Wildman–Crippen LogP) is 1.43. The summed E-state index contributed by atoms with van der Waals surface area (Å²) in [6, 6.07) is 14.9. The van der Waals surface area contributed by atoms with Crippen molar-refractivity contribution in [3.05, 3.63) is 42.5 Å². The van der Waals surface area contributed by atoms with Crippen molar-refractivity contribution < 1.29 is 14.3 Å². The third-order valence-electron chi connectivity index (χ3n) is 4.79. The average molecular weight is 370 g/mol. The lowest BCUT2D eigenvalue weighted by Gasteiger charge is -2.36. The second kappa shape index (κ2) is 9.23. The van der Waals surface area contributed by atoms with Gasteiger partial charge in [0.05, 0.1) is 6.54 Å². The second-order valence-electron chi connectivity index (χ2n) is 6.49. The van der Waals surface area contributed by atoms with Crippen LogP contribution in [0.4, 0.5) is 10.5 Å². The molecule has 0 spiro atoms. The standard InChI is InChI=1S/C20H26N4O3/c1-21-19(25)15-22-20(26)27-14-13-23-9-11-24(12-10-23)18-8-4-6-16-5-2-3-7-17(16)18/h2-8H,9-15H2,1H3,(H,21,25)(H,22,26). The molecule has 0 saturated carbocycles. The van der Waals surface area contributed by atoms with Gasteiger partial charge in [0.1, 0.15) is 6.61 Å². The number of piperazine rings is 1. The number of anilines is 1. The summed E-state index contributed by atoms with van der Waals surface area (Å²) >= 11 is 0. The van der Waals surface area contributed by atoms with Crippen LogP contribution in [0, 0.1) is 0 Å². The minimum absolute atomic E-state index is 0.0704. The lowest BCUT2D eigenvalue weighted by Crippen LogP contribution is -2.47. The first-order chi connectivity index (χ1) is 13.2. The van der Waals surface area contributed by atoms with Gasteiger partial charge in [-0.2, -0.15) is 0 Å². The number of carbonyl (C=O) groups is 2. The number of carbonyl (C=O) groups excluding carboxylic acids is 2. The van der Waals surface area contributed by atoms with Gasteiger partial charge in [-0.05, 0) is 11.5 Å². The molecule has 0 radical (unpaired) electrons. The zero-order valence-corrected chi connectivity index (χ0v) is 15.6. The number of amides is 2. The number of ether oxygens (including phenoxy) is 1. The third kappa shape index (κ3) is 5.10. The third-order valence-corrected chi connectivity index (χ3v) is 4.79. The van der Waals surface area contributed by atoms with Gasteiger partial charge in [-0.3, -0.25) is 9.69 Å². The Balaban J connectivity index is 1.43. The SMILES string of the molecule is CNC(=O)CNC(=O)OCCN1CCN(c2cccc3ccccc23)CC1. The van der Waals surface area contributed by atoms with Crippen LogP contribution < -0.4 is 15.5 Å². The van der Waals surface area contributed by atoms with Gasteiger partial charge in [0, 0.05) is 50.8 Å². The maximum atomic E-state index is 11.5. The Morgan fingerprint density at radius 2 is 1.78 bits per heavy atom. The fourth-order valence-electron chi connectivity index (χ4n) is 3.26. The van der Waals surface area contributed by atoms with E-state index in [0.29, 0.717) is 13.2 Å². The van der Waals surface area contributed by atoms with E-state index in [0.717, 1.165) is 26.2 Å². The summed E-state index contributed by atoms with van der Waals surface area (Å²) in [7, 11) is 1.52. The molecule has 0 aliphatic carbocycles. The molecule has 144 valence electrons. The summed E-state index contributed by atoms with van der Waals surface area (Å²) in [6.45, 7) is 4.66. The van der Waals surface area contributed by atoms with Crippen LogP contribution in [0.25, 0.3) is 10.8 Å². The number of fused-ring (bicyclic) bond motifs is 1. The largest absolute Gasteiger partial charge is 0.448 e. The van der Waals surface area contributed by atoms with E-state index in [1.54, 1.807) is 0 Å². The van der Waals surface area contributed by atoms with Gasteiger partial charge in [-0.15, -0.1) is 0 Å². The minimum Gasteiger partial charge on any atom is -0.448 e. The Morgan fingerprint density at radius 3 is 2.56 bits per heavy atom. The van der Waals surface area contributed by atoms with E-state index in [4.69, 9.17) is 4.74 Å². The van der Waals surface area contributed by atoms with Crippen LogP contribution >= 0.6 is 0 Å². The molecule has 3 rings (SSSR count). The van der Waals surface area contributed by atoms with Crippen molar-refractivity contribution in [3.63, 3.8) is 0 Å². The summed E-state index contributed by atoms with van der Waals surface area (Å²) in [5.74, 6) is -0.253. The number of benzene rings is 2. The smallest absolute Gasteiger partial charge is 0.407 e. The van der Waals surface area contributed by atoms with Gasteiger partial charge >= 0.3 is 6.09 Å². The molecule has 2 aromatic carbocycles. The quantitative estimate of drug-likeness (QED) is 0.805. The molecule has 1 fully saturated rings.